The van der Waals surface area contributed by atoms with Gasteiger partial charge in [-0.1, -0.05) is 36.4 Å². The van der Waals surface area contributed by atoms with Crippen molar-refractivity contribution in [3.05, 3.63) is 66.5 Å². The first-order valence-corrected chi connectivity index (χ1v) is 18.2. The Balaban J connectivity index is 1.38. The molecule has 1 N–H and O–H groups in total. The molecule has 1 unspecified atom stereocenters. The second-order valence-electron chi connectivity index (χ2n) is 14.8. The lowest BCUT2D eigenvalue weighted by Crippen LogP contribution is -2.66. The fourth-order valence-electron chi connectivity index (χ4n) is 10.2. The van der Waals surface area contributed by atoms with Gasteiger partial charge in [0.1, 0.15) is 5.60 Å². The Labute approximate surface area is 283 Å². The lowest BCUT2D eigenvalue weighted by atomic mass is 9.54. The van der Waals surface area contributed by atoms with Crippen molar-refractivity contribution in [2.75, 3.05) is 26.2 Å². The summed E-state index contributed by atoms with van der Waals surface area (Å²) in [6.07, 6.45) is 24.4. The number of hydrogen-bond acceptors (Lipinski definition) is 7. The summed E-state index contributed by atoms with van der Waals surface area (Å²) in [5.41, 5.74) is 2.92. The average molecular weight is 649 g/mol. The van der Waals surface area contributed by atoms with Crippen LogP contribution in [0.4, 0.5) is 0 Å². The van der Waals surface area contributed by atoms with Crippen LogP contribution in [0, 0.1) is 11.3 Å². The topological polar surface area (TPSA) is 87.8 Å². The van der Waals surface area contributed by atoms with Crippen LogP contribution in [-0.2, 0) is 14.3 Å². The molecule has 2 saturated heterocycles. The molecule has 2 aromatic heterocycles. The van der Waals surface area contributed by atoms with Gasteiger partial charge in [0.25, 0.3) is 0 Å². The third-order valence-electron chi connectivity index (χ3n) is 11.8. The highest BCUT2D eigenvalue weighted by molar-refractivity contribution is 6.11. The van der Waals surface area contributed by atoms with Gasteiger partial charge < -0.3 is 19.4 Å². The fourth-order valence-corrected chi connectivity index (χ4v) is 10.2. The average Bonchev–Trinajstić information content (AvgIpc) is 3.57. The van der Waals surface area contributed by atoms with Gasteiger partial charge in [-0.15, -0.1) is 0 Å². The number of carbonyl (C=O) groups is 2. The Morgan fingerprint density at radius 2 is 1.73 bits per heavy atom. The van der Waals surface area contributed by atoms with Gasteiger partial charge >= 0.3 is 11.9 Å². The summed E-state index contributed by atoms with van der Waals surface area (Å²) in [6, 6.07) is 8.27. The Kier molecular flexibility index (Phi) is 8.28. The van der Waals surface area contributed by atoms with Gasteiger partial charge in [0.05, 0.1) is 22.8 Å². The van der Waals surface area contributed by atoms with E-state index in [0.29, 0.717) is 11.8 Å². The van der Waals surface area contributed by atoms with Crippen molar-refractivity contribution < 1.29 is 19.1 Å². The monoisotopic (exact) mass is 648 g/mol. The van der Waals surface area contributed by atoms with Gasteiger partial charge in [0.15, 0.2) is 5.75 Å². The van der Waals surface area contributed by atoms with Crippen LogP contribution in [0.5, 0.6) is 5.75 Å². The van der Waals surface area contributed by atoms with Gasteiger partial charge in [0, 0.05) is 48.8 Å². The normalized spacial score (nSPS) is 33.6. The van der Waals surface area contributed by atoms with E-state index in [1.54, 1.807) is 6.92 Å². The molecule has 3 bridgehead atoms. The van der Waals surface area contributed by atoms with Gasteiger partial charge in [-0.05, 0) is 114 Å². The summed E-state index contributed by atoms with van der Waals surface area (Å²) < 4.78 is 12.4. The van der Waals surface area contributed by atoms with E-state index < -0.39 is 5.60 Å². The summed E-state index contributed by atoms with van der Waals surface area (Å²) in [6.45, 7) is 7.18. The molecule has 1 aliphatic carbocycles. The largest absolute Gasteiger partial charge is 0.453 e. The van der Waals surface area contributed by atoms with E-state index in [-0.39, 0.29) is 29.3 Å². The van der Waals surface area contributed by atoms with Crippen LogP contribution < -0.4 is 4.74 Å². The quantitative estimate of drug-likeness (QED) is 0.181. The standard InChI is InChI=1S/C40H48N4O4/c1-27(45)47-34-16-13-15-30-31-17-20-41-36(37(31)42-35(30)34)32-25-40(48-28(2)46)19-10-6-3-4-7-11-21-43-23-18-33(32)39(26-43)24-29-14-9-5-8-12-22-44(29)38(39)40/h3,6,9,13-17,20,25,29,33,38,42H,4-5,7-8,10-12,18-19,21-24,26H2,1-2H3/b6-3-,14-9-/t29-,33-,38+,39-,40-/m0/s1. The number of allylic oxidation sites excluding steroid dienone is 4. The first kappa shape index (κ1) is 31.5. The zero-order valence-electron chi connectivity index (χ0n) is 28.4. The zero-order chi connectivity index (χ0) is 32.9. The molecule has 8 heteroatoms. The van der Waals surface area contributed by atoms with Crippen LogP contribution >= 0.6 is 0 Å². The van der Waals surface area contributed by atoms with Crippen LogP contribution in [0.15, 0.2) is 60.8 Å². The van der Waals surface area contributed by atoms with Gasteiger partial charge in [-0.2, -0.15) is 0 Å². The maximum atomic E-state index is 13.3. The van der Waals surface area contributed by atoms with Crippen LogP contribution in [0.25, 0.3) is 27.4 Å². The van der Waals surface area contributed by atoms with Crippen molar-refractivity contribution >= 4 is 39.3 Å². The molecule has 3 aromatic rings. The van der Waals surface area contributed by atoms with E-state index in [0.717, 1.165) is 98.6 Å². The highest BCUT2D eigenvalue weighted by Gasteiger charge is 2.67. The number of esters is 2. The predicted octanol–water partition coefficient (Wildman–Crippen LogP) is 7.35. The van der Waals surface area contributed by atoms with Gasteiger partial charge in [-0.3, -0.25) is 19.5 Å². The number of hydrogen-bond donors (Lipinski definition) is 1. The number of aromatic nitrogens is 2. The number of nitrogens with one attached hydrogen (secondary N) is 1. The van der Waals surface area contributed by atoms with E-state index in [2.05, 4.69) is 51.2 Å². The molecule has 1 spiro atoms. The number of H-pyrrole nitrogens is 1. The number of benzene rings is 1. The maximum absolute atomic E-state index is 13.3. The van der Waals surface area contributed by atoms with E-state index >= 15 is 0 Å². The highest BCUT2D eigenvalue weighted by Crippen LogP contribution is 2.62. The lowest BCUT2D eigenvalue weighted by Gasteiger charge is -2.58. The molecule has 1 aromatic carbocycles. The summed E-state index contributed by atoms with van der Waals surface area (Å²) in [5.74, 6) is 0.191. The minimum atomic E-state index is -0.806. The molecule has 8 nitrogen and oxygen atoms in total. The zero-order valence-corrected chi connectivity index (χ0v) is 28.4. The number of carbonyl (C=O) groups excluding carboxylic acids is 2. The van der Waals surface area contributed by atoms with Crippen molar-refractivity contribution in [2.24, 2.45) is 11.3 Å². The molecule has 2 fully saturated rings. The predicted molar refractivity (Wildman–Crippen MR) is 188 cm³/mol. The second-order valence-corrected chi connectivity index (χ2v) is 14.8. The van der Waals surface area contributed by atoms with Crippen molar-refractivity contribution in [3.8, 4) is 5.75 Å². The minimum absolute atomic E-state index is 0.0739. The summed E-state index contributed by atoms with van der Waals surface area (Å²) in [4.78, 5) is 39.6. The number of para-hydroxylation sites is 1. The first-order valence-electron chi connectivity index (χ1n) is 18.2. The molecule has 48 heavy (non-hydrogen) atoms. The summed E-state index contributed by atoms with van der Waals surface area (Å²) in [7, 11) is 0. The highest BCUT2D eigenvalue weighted by atomic mass is 16.6. The molecular formula is C40H48N4O4. The van der Waals surface area contributed by atoms with Crippen LogP contribution in [-0.4, -0.2) is 75.6 Å². The molecule has 6 heterocycles. The van der Waals surface area contributed by atoms with Crippen molar-refractivity contribution in [1.82, 2.24) is 19.8 Å². The molecule has 0 radical (unpaired) electrons. The third kappa shape index (κ3) is 5.32. The van der Waals surface area contributed by atoms with Crippen LogP contribution in [0.1, 0.15) is 83.7 Å². The number of aromatic amines is 1. The van der Waals surface area contributed by atoms with Gasteiger partial charge in [0.2, 0.25) is 0 Å². The number of fused-ring (bicyclic) bond motifs is 5. The molecule has 252 valence electrons. The van der Waals surface area contributed by atoms with Gasteiger partial charge in [-0.25, -0.2) is 0 Å². The van der Waals surface area contributed by atoms with Crippen molar-refractivity contribution in [1.29, 1.82) is 0 Å². The second kappa shape index (κ2) is 12.6. The Hall–Kier alpha value is -3.75. The molecule has 0 saturated carbocycles. The molecule has 6 atom stereocenters. The number of pyridine rings is 1. The SMILES string of the molecule is CC(=O)Oc1cccc2c1[nH]c1c(C3=C[C@@]4(OC(C)=O)CC/C=C\CCCCN5CC[C@@H]3[C@]3(C[C@@H]6/C=C\CCCCN6[C@H]34)C5)nccc12. The van der Waals surface area contributed by atoms with E-state index in [1.165, 1.54) is 31.8 Å². The first-order chi connectivity index (χ1) is 23.4. The number of piperidine rings is 1. The van der Waals surface area contributed by atoms with E-state index in [1.807, 2.05) is 24.4 Å². The molecule has 4 aliphatic heterocycles. The molecule has 0 amide bonds. The van der Waals surface area contributed by atoms with Crippen molar-refractivity contribution in [2.45, 2.75) is 95.7 Å². The number of nitrogens with zero attached hydrogens (tertiary/aromatic N) is 3. The van der Waals surface area contributed by atoms with Crippen molar-refractivity contribution in [3.63, 3.8) is 0 Å². The minimum Gasteiger partial charge on any atom is -0.453 e. The van der Waals surface area contributed by atoms with Crippen LogP contribution in [0.2, 0.25) is 0 Å². The third-order valence-corrected chi connectivity index (χ3v) is 11.8. The Morgan fingerprint density at radius 1 is 0.917 bits per heavy atom. The molecular weight excluding hydrogens is 600 g/mol. The lowest BCUT2D eigenvalue weighted by molar-refractivity contribution is -0.168. The Bertz CT molecular complexity index is 1820. The smallest absolute Gasteiger partial charge is 0.308 e. The summed E-state index contributed by atoms with van der Waals surface area (Å²) in [5, 5.41) is 2.04. The van der Waals surface area contributed by atoms with E-state index in [9.17, 15) is 9.59 Å². The summed E-state index contributed by atoms with van der Waals surface area (Å²) >= 11 is 0. The van der Waals surface area contributed by atoms with Crippen LogP contribution in [0.3, 0.4) is 0 Å². The maximum Gasteiger partial charge on any atom is 0.308 e. The fraction of sp³-hybridized carbons (Fsp3) is 0.525. The molecule has 8 rings (SSSR count). The van der Waals surface area contributed by atoms with E-state index in [4.69, 9.17) is 14.5 Å². The number of rotatable bonds is 3. The molecule has 5 aliphatic rings. The Morgan fingerprint density at radius 3 is 2.58 bits per heavy atom. The number of ether oxygens (including phenoxy) is 2.